The lowest BCUT2D eigenvalue weighted by Crippen LogP contribution is -2.15. The predicted octanol–water partition coefficient (Wildman–Crippen LogP) is 5.29. The topological polar surface area (TPSA) is 71.1 Å². The molecular weight excluding hydrogens is 442 g/mol. The molecule has 10 heteroatoms. The maximum absolute atomic E-state index is 12.3. The van der Waals surface area contributed by atoms with Gasteiger partial charge in [-0.15, -0.1) is 0 Å². The molecule has 0 bridgehead atoms. The summed E-state index contributed by atoms with van der Waals surface area (Å²) >= 11 is 23.9. The van der Waals surface area contributed by atoms with Crippen LogP contribution in [-0.4, -0.2) is 33.0 Å². The van der Waals surface area contributed by atoms with Crippen LogP contribution >= 0.6 is 46.4 Å². The van der Waals surface area contributed by atoms with E-state index in [0.29, 0.717) is 0 Å². The first-order chi connectivity index (χ1) is 12.8. The summed E-state index contributed by atoms with van der Waals surface area (Å²) in [6, 6.07) is 5.75. The fourth-order valence-electron chi connectivity index (χ4n) is 2.13. The number of ether oxygens (including phenoxy) is 4. The molecule has 0 aliphatic rings. The maximum Gasteiger partial charge on any atom is 0.346 e. The van der Waals surface area contributed by atoms with Crippen LogP contribution in [0.25, 0.3) is 0 Å². The Kier molecular flexibility index (Phi) is 7.44. The average molecular weight is 454 g/mol. The number of hydrogen-bond donors (Lipinski definition) is 0. The van der Waals surface area contributed by atoms with E-state index in [1.165, 1.54) is 38.5 Å². The summed E-state index contributed by atoms with van der Waals surface area (Å²) < 4.78 is 20.0. The van der Waals surface area contributed by atoms with Gasteiger partial charge in [-0.2, -0.15) is 0 Å². The van der Waals surface area contributed by atoms with Gasteiger partial charge in [-0.1, -0.05) is 46.4 Å². The van der Waals surface area contributed by atoms with Crippen LogP contribution in [0.5, 0.6) is 11.5 Å². The van der Waals surface area contributed by atoms with Gasteiger partial charge in [0.25, 0.3) is 0 Å². The monoisotopic (exact) mass is 452 g/mol. The van der Waals surface area contributed by atoms with E-state index in [1.807, 2.05) is 0 Å². The minimum atomic E-state index is -0.892. The Labute approximate surface area is 174 Å². The van der Waals surface area contributed by atoms with Gasteiger partial charge in [0.05, 0.1) is 34.3 Å². The highest BCUT2D eigenvalue weighted by Gasteiger charge is 2.23. The lowest BCUT2D eigenvalue weighted by molar-refractivity contribution is -0.0169. The maximum atomic E-state index is 12.3. The summed E-state index contributed by atoms with van der Waals surface area (Å²) in [5, 5.41) is 0.460. The molecule has 0 amide bonds. The first-order valence-corrected chi connectivity index (χ1v) is 8.71. The number of hydrogen-bond acceptors (Lipinski definition) is 6. The van der Waals surface area contributed by atoms with E-state index in [-0.39, 0.29) is 42.7 Å². The Hall–Kier alpha value is -1.86. The summed E-state index contributed by atoms with van der Waals surface area (Å²) in [5.41, 5.74) is -0.192. The minimum Gasteiger partial charge on any atom is -0.494 e. The van der Waals surface area contributed by atoms with Crippen LogP contribution in [0.15, 0.2) is 24.3 Å². The number of benzene rings is 2. The lowest BCUT2D eigenvalue weighted by atomic mass is 10.2. The number of carbonyl (C=O) groups is 2. The zero-order valence-corrected chi connectivity index (χ0v) is 17.0. The molecule has 2 aromatic carbocycles. The second-order valence-corrected chi connectivity index (χ2v) is 6.49. The van der Waals surface area contributed by atoms with Gasteiger partial charge in [0, 0.05) is 0 Å². The predicted molar refractivity (Wildman–Crippen MR) is 102 cm³/mol. The zero-order valence-electron chi connectivity index (χ0n) is 14.0. The van der Waals surface area contributed by atoms with E-state index in [0.717, 1.165) is 0 Å². The molecule has 2 rings (SSSR count). The highest BCUT2D eigenvalue weighted by atomic mass is 35.5. The van der Waals surface area contributed by atoms with Crippen molar-refractivity contribution in [2.24, 2.45) is 0 Å². The molecule has 0 aliphatic heterocycles. The van der Waals surface area contributed by atoms with Crippen molar-refractivity contribution in [2.45, 2.75) is 0 Å². The summed E-state index contributed by atoms with van der Waals surface area (Å²) in [5.74, 6) is -1.70. The van der Waals surface area contributed by atoms with Crippen LogP contribution < -0.4 is 9.47 Å². The second-order valence-electron chi connectivity index (χ2n) is 4.86. The smallest absolute Gasteiger partial charge is 0.346 e. The molecule has 0 saturated heterocycles. The van der Waals surface area contributed by atoms with E-state index < -0.39 is 18.7 Å². The highest BCUT2D eigenvalue weighted by Crippen LogP contribution is 2.35. The quantitative estimate of drug-likeness (QED) is 0.437. The van der Waals surface area contributed by atoms with Crippen molar-refractivity contribution in [2.75, 3.05) is 21.0 Å². The summed E-state index contributed by atoms with van der Waals surface area (Å²) in [6.07, 6.45) is 0. The number of halogens is 4. The molecule has 0 aromatic heterocycles. The van der Waals surface area contributed by atoms with Gasteiger partial charge in [0.15, 0.2) is 11.5 Å². The fraction of sp³-hybridized carbons (Fsp3) is 0.176. The molecule has 2 aromatic rings. The molecular formula is C17H12Cl4O6. The van der Waals surface area contributed by atoms with Gasteiger partial charge in [-0.25, -0.2) is 9.59 Å². The first-order valence-electron chi connectivity index (χ1n) is 7.20. The van der Waals surface area contributed by atoms with E-state index in [2.05, 4.69) is 0 Å². The van der Waals surface area contributed by atoms with Crippen molar-refractivity contribution in [3.63, 3.8) is 0 Å². The third-order valence-electron chi connectivity index (χ3n) is 3.31. The number of rotatable bonds is 6. The van der Waals surface area contributed by atoms with E-state index in [9.17, 15) is 9.59 Å². The molecule has 0 unspecified atom stereocenters. The molecule has 0 aliphatic carbocycles. The van der Waals surface area contributed by atoms with Crippen LogP contribution in [-0.2, 0) is 9.47 Å². The molecule has 0 atom stereocenters. The van der Waals surface area contributed by atoms with Gasteiger partial charge < -0.3 is 18.9 Å². The van der Waals surface area contributed by atoms with Gasteiger partial charge in [0.1, 0.15) is 11.1 Å². The highest BCUT2D eigenvalue weighted by molar-refractivity contribution is 6.37. The van der Waals surface area contributed by atoms with Gasteiger partial charge in [-0.05, 0) is 24.3 Å². The minimum absolute atomic E-state index is 0.0417. The van der Waals surface area contributed by atoms with E-state index >= 15 is 0 Å². The Morgan fingerprint density at radius 2 is 1.04 bits per heavy atom. The Balaban J connectivity index is 2.12. The van der Waals surface area contributed by atoms with Crippen molar-refractivity contribution in [3.8, 4) is 11.5 Å². The number of esters is 2. The average Bonchev–Trinajstić information content (AvgIpc) is 2.64. The van der Waals surface area contributed by atoms with Crippen LogP contribution in [0.3, 0.4) is 0 Å². The molecule has 0 spiro atoms. The number of carbonyl (C=O) groups excluding carboxylic acids is 2. The molecule has 6 nitrogen and oxygen atoms in total. The van der Waals surface area contributed by atoms with Crippen LogP contribution in [0.1, 0.15) is 20.7 Å². The van der Waals surface area contributed by atoms with Crippen molar-refractivity contribution < 1.29 is 28.5 Å². The summed E-state index contributed by atoms with van der Waals surface area (Å²) in [6.45, 7) is -0.713. The third-order valence-corrected chi connectivity index (χ3v) is 4.54. The molecule has 144 valence electrons. The SMILES string of the molecule is COc1c(Cl)ccc(Cl)c1C(=O)OCOC(=O)c1c(Cl)ccc(Cl)c1OC. The molecule has 0 saturated carbocycles. The lowest BCUT2D eigenvalue weighted by Gasteiger charge is -2.13. The van der Waals surface area contributed by atoms with Gasteiger partial charge in [0.2, 0.25) is 6.79 Å². The Morgan fingerprint density at radius 1 is 0.704 bits per heavy atom. The number of methoxy groups -OCH3 is 2. The standard InChI is InChI=1S/C17H12Cl4O6/c1-24-14-10(20)5-3-8(18)12(14)16(22)26-7-27-17(23)13-9(19)4-6-11(21)15(13)25-2/h3-6H,7H2,1-2H3. The molecule has 0 N–H and O–H groups in total. The Morgan fingerprint density at radius 3 is 1.37 bits per heavy atom. The van der Waals surface area contributed by atoms with Crippen molar-refractivity contribution >= 4 is 58.3 Å². The molecule has 0 heterocycles. The van der Waals surface area contributed by atoms with Crippen LogP contribution in [0, 0.1) is 0 Å². The largest absolute Gasteiger partial charge is 0.494 e. The molecule has 0 fully saturated rings. The van der Waals surface area contributed by atoms with Gasteiger partial charge in [-0.3, -0.25) is 0 Å². The van der Waals surface area contributed by atoms with Crippen LogP contribution in [0.2, 0.25) is 20.1 Å². The Bertz CT molecular complexity index is 813. The van der Waals surface area contributed by atoms with Gasteiger partial charge >= 0.3 is 11.9 Å². The summed E-state index contributed by atoms with van der Waals surface area (Å²) in [4.78, 5) is 24.5. The van der Waals surface area contributed by atoms with E-state index in [4.69, 9.17) is 65.4 Å². The van der Waals surface area contributed by atoms with Crippen LogP contribution in [0.4, 0.5) is 0 Å². The summed E-state index contributed by atoms with van der Waals surface area (Å²) in [7, 11) is 2.64. The van der Waals surface area contributed by atoms with Crippen molar-refractivity contribution in [1.82, 2.24) is 0 Å². The molecule has 0 radical (unpaired) electrons. The fourth-order valence-corrected chi connectivity index (χ4v) is 3.05. The third kappa shape index (κ3) is 4.71. The van der Waals surface area contributed by atoms with Crippen molar-refractivity contribution in [3.05, 3.63) is 55.5 Å². The van der Waals surface area contributed by atoms with Crippen molar-refractivity contribution in [1.29, 1.82) is 0 Å². The normalized spacial score (nSPS) is 10.3. The first kappa shape index (κ1) is 21.4. The second kappa shape index (κ2) is 9.37. The zero-order chi connectivity index (χ0) is 20.1. The van der Waals surface area contributed by atoms with E-state index in [1.54, 1.807) is 0 Å². The molecule has 27 heavy (non-hydrogen) atoms.